The number of hydrogen-bond donors (Lipinski definition) is 0. The lowest BCUT2D eigenvalue weighted by atomic mass is 10.3. The summed E-state index contributed by atoms with van der Waals surface area (Å²) in [7, 11) is 0. The number of amides is 1. The highest BCUT2D eigenvalue weighted by molar-refractivity contribution is 7.09. The molecule has 0 aliphatic carbocycles. The SMILES string of the molecule is CCc1nc(CN2CCN(C(=O)/C=C\c3csc(C)n3)CC2)no1. The van der Waals surface area contributed by atoms with Crippen LogP contribution in [0.15, 0.2) is 16.0 Å². The van der Waals surface area contributed by atoms with Gasteiger partial charge in [-0.05, 0) is 13.0 Å². The number of aromatic nitrogens is 3. The lowest BCUT2D eigenvalue weighted by Crippen LogP contribution is -2.47. The van der Waals surface area contributed by atoms with E-state index in [4.69, 9.17) is 4.52 Å². The van der Waals surface area contributed by atoms with Gasteiger partial charge in [0.15, 0.2) is 5.82 Å². The number of nitrogens with zero attached hydrogens (tertiary/aromatic N) is 5. The molecule has 1 saturated heterocycles. The average molecular weight is 347 g/mol. The first-order valence-corrected chi connectivity index (χ1v) is 8.95. The smallest absolute Gasteiger partial charge is 0.246 e. The Morgan fingerprint density at radius 2 is 2.12 bits per heavy atom. The van der Waals surface area contributed by atoms with Gasteiger partial charge in [-0.15, -0.1) is 11.3 Å². The van der Waals surface area contributed by atoms with Gasteiger partial charge in [0, 0.05) is 44.1 Å². The molecule has 7 nitrogen and oxygen atoms in total. The molecule has 0 aromatic carbocycles. The molecule has 0 spiro atoms. The lowest BCUT2D eigenvalue weighted by molar-refractivity contribution is -0.127. The van der Waals surface area contributed by atoms with Crippen molar-refractivity contribution < 1.29 is 9.32 Å². The van der Waals surface area contributed by atoms with Crippen LogP contribution in [0.3, 0.4) is 0 Å². The van der Waals surface area contributed by atoms with Crippen molar-refractivity contribution >= 4 is 23.3 Å². The topological polar surface area (TPSA) is 75.4 Å². The third-order valence-electron chi connectivity index (χ3n) is 3.90. The molecule has 0 bridgehead atoms. The van der Waals surface area contributed by atoms with Crippen molar-refractivity contribution in [3.8, 4) is 0 Å². The predicted molar refractivity (Wildman–Crippen MR) is 91.4 cm³/mol. The Hall–Kier alpha value is -2.06. The van der Waals surface area contributed by atoms with Crippen LogP contribution in [0.25, 0.3) is 6.08 Å². The van der Waals surface area contributed by atoms with E-state index in [2.05, 4.69) is 20.0 Å². The highest BCUT2D eigenvalue weighted by atomic mass is 32.1. The minimum absolute atomic E-state index is 0.0353. The maximum absolute atomic E-state index is 12.2. The Morgan fingerprint density at radius 1 is 1.33 bits per heavy atom. The van der Waals surface area contributed by atoms with Crippen molar-refractivity contribution in [1.29, 1.82) is 0 Å². The summed E-state index contributed by atoms with van der Waals surface area (Å²) >= 11 is 1.58. The van der Waals surface area contributed by atoms with Crippen LogP contribution in [-0.4, -0.2) is 57.0 Å². The van der Waals surface area contributed by atoms with Gasteiger partial charge < -0.3 is 9.42 Å². The van der Waals surface area contributed by atoms with Gasteiger partial charge in [0.25, 0.3) is 0 Å². The summed E-state index contributed by atoms with van der Waals surface area (Å²) < 4.78 is 5.12. The molecule has 3 rings (SSSR count). The number of carbonyl (C=O) groups excluding carboxylic acids is 1. The first-order valence-electron chi connectivity index (χ1n) is 8.07. The second-order valence-electron chi connectivity index (χ2n) is 5.68. The Bertz CT molecular complexity index is 716. The Kier molecular flexibility index (Phi) is 5.37. The lowest BCUT2D eigenvalue weighted by Gasteiger charge is -2.33. The van der Waals surface area contributed by atoms with E-state index in [0.717, 1.165) is 30.2 Å². The quantitative estimate of drug-likeness (QED) is 0.767. The van der Waals surface area contributed by atoms with Crippen molar-refractivity contribution in [2.45, 2.75) is 26.8 Å². The van der Waals surface area contributed by atoms with Crippen LogP contribution in [0, 0.1) is 6.92 Å². The molecule has 0 atom stereocenters. The van der Waals surface area contributed by atoms with E-state index in [0.29, 0.717) is 31.3 Å². The van der Waals surface area contributed by atoms with Gasteiger partial charge in [-0.2, -0.15) is 4.98 Å². The summed E-state index contributed by atoms with van der Waals surface area (Å²) in [6.07, 6.45) is 4.14. The molecule has 0 unspecified atom stereocenters. The summed E-state index contributed by atoms with van der Waals surface area (Å²) in [6, 6.07) is 0. The average Bonchev–Trinajstić information content (AvgIpc) is 3.22. The molecular weight excluding hydrogens is 326 g/mol. The number of carbonyl (C=O) groups is 1. The predicted octanol–water partition coefficient (Wildman–Crippen LogP) is 1.75. The molecule has 8 heteroatoms. The van der Waals surface area contributed by atoms with E-state index in [-0.39, 0.29) is 5.91 Å². The van der Waals surface area contributed by atoms with Crippen LogP contribution in [-0.2, 0) is 17.8 Å². The Balaban J connectivity index is 1.47. The second kappa shape index (κ2) is 7.67. The molecule has 128 valence electrons. The summed E-state index contributed by atoms with van der Waals surface area (Å²) in [5.41, 5.74) is 0.841. The van der Waals surface area contributed by atoms with Gasteiger partial charge in [0.2, 0.25) is 11.8 Å². The van der Waals surface area contributed by atoms with Gasteiger partial charge in [-0.25, -0.2) is 4.98 Å². The van der Waals surface area contributed by atoms with Crippen LogP contribution < -0.4 is 0 Å². The first kappa shape index (κ1) is 16.8. The van der Waals surface area contributed by atoms with Gasteiger partial charge in [-0.3, -0.25) is 9.69 Å². The van der Waals surface area contributed by atoms with Gasteiger partial charge >= 0.3 is 0 Å². The minimum Gasteiger partial charge on any atom is -0.339 e. The molecule has 1 aliphatic rings. The van der Waals surface area contributed by atoms with E-state index in [9.17, 15) is 4.79 Å². The highest BCUT2D eigenvalue weighted by Gasteiger charge is 2.21. The van der Waals surface area contributed by atoms with Crippen LogP contribution in [0.2, 0.25) is 0 Å². The molecule has 0 N–H and O–H groups in total. The van der Waals surface area contributed by atoms with E-state index in [1.165, 1.54) is 0 Å². The molecule has 0 radical (unpaired) electrons. The van der Waals surface area contributed by atoms with Crippen molar-refractivity contribution in [3.05, 3.63) is 33.9 Å². The van der Waals surface area contributed by atoms with Crippen LogP contribution in [0.1, 0.15) is 29.3 Å². The third-order valence-corrected chi connectivity index (χ3v) is 4.69. The fourth-order valence-corrected chi connectivity index (χ4v) is 3.12. The summed E-state index contributed by atoms with van der Waals surface area (Å²) in [5, 5.41) is 6.93. The van der Waals surface area contributed by atoms with E-state index < -0.39 is 0 Å². The highest BCUT2D eigenvalue weighted by Crippen LogP contribution is 2.11. The van der Waals surface area contributed by atoms with Gasteiger partial charge in [0.05, 0.1) is 17.2 Å². The normalized spacial score (nSPS) is 16.2. The first-order chi connectivity index (χ1) is 11.6. The molecule has 1 aliphatic heterocycles. The fourth-order valence-electron chi connectivity index (χ4n) is 2.54. The van der Waals surface area contributed by atoms with Crippen LogP contribution in [0.4, 0.5) is 0 Å². The van der Waals surface area contributed by atoms with E-state index in [1.54, 1.807) is 23.5 Å². The van der Waals surface area contributed by atoms with Gasteiger partial charge in [0.1, 0.15) is 0 Å². The van der Waals surface area contributed by atoms with Crippen LogP contribution >= 0.6 is 11.3 Å². The molecule has 0 saturated carbocycles. The fraction of sp³-hybridized carbons (Fsp3) is 0.500. The summed E-state index contributed by atoms with van der Waals surface area (Å²) in [6.45, 7) is 7.64. The number of thiazole rings is 1. The van der Waals surface area contributed by atoms with E-state index >= 15 is 0 Å². The zero-order valence-corrected chi connectivity index (χ0v) is 14.8. The minimum atomic E-state index is 0.0353. The maximum atomic E-state index is 12.2. The van der Waals surface area contributed by atoms with E-state index in [1.807, 2.05) is 24.1 Å². The molecular formula is C16H21N5O2S. The summed E-state index contributed by atoms with van der Waals surface area (Å²) in [4.78, 5) is 25.0. The monoisotopic (exact) mass is 347 g/mol. The van der Waals surface area contributed by atoms with Crippen LogP contribution in [0.5, 0.6) is 0 Å². The molecule has 1 amide bonds. The summed E-state index contributed by atoms with van der Waals surface area (Å²) in [5.74, 6) is 1.42. The number of aryl methyl sites for hydroxylation is 2. The number of rotatable bonds is 5. The molecule has 24 heavy (non-hydrogen) atoms. The maximum Gasteiger partial charge on any atom is 0.246 e. The molecule has 3 heterocycles. The Morgan fingerprint density at radius 3 is 2.75 bits per heavy atom. The zero-order valence-electron chi connectivity index (χ0n) is 13.9. The Labute approximate surface area is 145 Å². The van der Waals surface area contributed by atoms with Crippen molar-refractivity contribution in [3.63, 3.8) is 0 Å². The number of hydrogen-bond acceptors (Lipinski definition) is 7. The van der Waals surface area contributed by atoms with Crippen molar-refractivity contribution in [1.82, 2.24) is 24.9 Å². The molecule has 2 aromatic rings. The van der Waals surface area contributed by atoms with Crippen molar-refractivity contribution in [2.75, 3.05) is 26.2 Å². The molecule has 2 aromatic heterocycles. The van der Waals surface area contributed by atoms with Crippen molar-refractivity contribution in [2.24, 2.45) is 0 Å². The largest absolute Gasteiger partial charge is 0.339 e. The zero-order chi connectivity index (χ0) is 16.9. The standard InChI is InChI=1S/C16H21N5O2S/c1-3-15-18-14(19-23-15)10-20-6-8-21(9-7-20)16(22)5-4-13-11-24-12(2)17-13/h4-5,11H,3,6-10H2,1-2H3/b5-4-. The second-order valence-corrected chi connectivity index (χ2v) is 6.75. The molecule has 1 fully saturated rings. The van der Waals surface area contributed by atoms with Gasteiger partial charge in [-0.1, -0.05) is 12.1 Å². The third kappa shape index (κ3) is 4.27. The number of piperazine rings is 1.